The third-order valence-electron chi connectivity index (χ3n) is 4.26. The average molecular weight is 321 g/mol. The highest BCUT2D eigenvalue weighted by Gasteiger charge is 2.48. The van der Waals surface area contributed by atoms with Gasteiger partial charge in [0.05, 0.1) is 16.2 Å². The minimum absolute atomic E-state index is 0.245. The Labute approximate surface area is 134 Å². The second-order valence-corrected chi connectivity index (χ2v) is 6.91. The van der Waals surface area contributed by atoms with E-state index in [1.54, 1.807) is 11.0 Å². The Morgan fingerprint density at radius 3 is 2.67 bits per heavy atom. The summed E-state index contributed by atoms with van der Waals surface area (Å²) in [7, 11) is 0. The van der Waals surface area contributed by atoms with Crippen LogP contribution in [0.25, 0.3) is 0 Å². The summed E-state index contributed by atoms with van der Waals surface area (Å²) in [6, 6.07) is 7.42. The van der Waals surface area contributed by atoms with Crippen LogP contribution in [0.4, 0.5) is 5.69 Å². The van der Waals surface area contributed by atoms with Crippen LogP contribution < -0.4 is 0 Å². The molecule has 3 rings (SSSR count). The van der Waals surface area contributed by atoms with Crippen molar-refractivity contribution in [2.75, 3.05) is 0 Å². The molecule has 2 aliphatic rings. The van der Waals surface area contributed by atoms with E-state index in [0.717, 1.165) is 37.0 Å². The Bertz CT molecular complexity index is 608. The van der Waals surface area contributed by atoms with Gasteiger partial charge in [-0.3, -0.25) is 9.69 Å². The molecular weight excluding hydrogens is 304 g/mol. The molecule has 0 radical (unpaired) electrons. The predicted molar refractivity (Wildman–Crippen MR) is 89.0 cm³/mol. The first-order valence-electron chi connectivity index (χ1n) is 7.12. The Morgan fingerprint density at radius 1 is 1.29 bits per heavy atom. The lowest BCUT2D eigenvalue weighted by Gasteiger charge is -2.38. The molecule has 3 nitrogen and oxygen atoms in total. The van der Waals surface area contributed by atoms with Gasteiger partial charge in [-0.2, -0.15) is 0 Å². The number of thioether (sulfide) groups is 1. The fourth-order valence-electron chi connectivity index (χ4n) is 3.10. The van der Waals surface area contributed by atoms with Crippen molar-refractivity contribution in [1.82, 2.24) is 4.90 Å². The second-order valence-electron chi connectivity index (χ2n) is 5.44. The van der Waals surface area contributed by atoms with Crippen molar-refractivity contribution in [1.29, 1.82) is 0 Å². The van der Waals surface area contributed by atoms with E-state index in [9.17, 15) is 4.79 Å². The van der Waals surface area contributed by atoms with Crippen molar-refractivity contribution in [3.63, 3.8) is 0 Å². The quantitative estimate of drug-likeness (QED) is 0.737. The first-order chi connectivity index (χ1) is 10.2. The maximum Gasteiger partial charge on any atom is 0.216 e. The molecular formula is C16H17ClN2OS. The van der Waals surface area contributed by atoms with E-state index in [2.05, 4.69) is 11.6 Å². The van der Waals surface area contributed by atoms with Crippen LogP contribution in [0, 0.1) is 0 Å². The van der Waals surface area contributed by atoms with E-state index in [1.807, 2.05) is 18.2 Å². The summed E-state index contributed by atoms with van der Waals surface area (Å²) >= 11 is 7.66. The van der Waals surface area contributed by atoms with Gasteiger partial charge in [0.25, 0.3) is 0 Å². The van der Waals surface area contributed by atoms with Crippen LogP contribution in [-0.4, -0.2) is 22.0 Å². The summed E-state index contributed by atoms with van der Waals surface area (Å²) in [4.78, 5) is 19.1. The van der Waals surface area contributed by atoms with Gasteiger partial charge in [0.15, 0.2) is 5.17 Å². The number of hydrogen-bond donors (Lipinski definition) is 0. The van der Waals surface area contributed by atoms with E-state index < -0.39 is 0 Å². The number of aliphatic imine (C=N–C) groups is 1. The van der Waals surface area contributed by atoms with Crippen LogP contribution in [0.15, 0.2) is 40.7 Å². The van der Waals surface area contributed by atoms with E-state index in [1.165, 1.54) is 18.2 Å². The molecule has 21 heavy (non-hydrogen) atoms. The SMILES string of the molecule is C=C1SC(=Nc2ccccc2Cl)N(C=O)C12CCCCC2. The molecule has 0 atom stereocenters. The maximum absolute atomic E-state index is 11.7. The van der Waals surface area contributed by atoms with Crippen LogP contribution in [0.2, 0.25) is 5.02 Å². The van der Waals surface area contributed by atoms with Crippen LogP contribution in [0.3, 0.4) is 0 Å². The number of amides is 1. The van der Waals surface area contributed by atoms with Crippen LogP contribution in [0.1, 0.15) is 32.1 Å². The lowest BCUT2D eigenvalue weighted by molar-refractivity contribution is -0.118. The number of carbonyl (C=O) groups excluding carboxylic acids is 1. The molecule has 1 heterocycles. The van der Waals surface area contributed by atoms with Crippen molar-refractivity contribution in [3.8, 4) is 0 Å². The molecule has 1 aromatic carbocycles. The zero-order valence-corrected chi connectivity index (χ0v) is 13.3. The largest absolute Gasteiger partial charge is 0.283 e. The lowest BCUT2D eigenvalue weighted by atomic mass is 9.80. The Kier molecular flexibility index (Phi) is 4.09. The zero-order valence-electron chi connectivity index (χ0n) is 11.7. The highest BCUT2D eigenvalue weighted by molar-refractivity contribution is 8.17. The monoisotopic (exact) mass is 320 g/mol. The lowest BCUT2D eigenvalue weighted by Crippen LogP contribution is -2.47. The molecule has 1 aromatic rings. The standard InChI is InChI=1S/C16H17ClN2OS/c1-12-16(9-5-2-6-10-16)19(11-20)15(21-12)18-14-8-4-3-7-13(14)17/h3-4,7-8,11H,1-2,5-6,9-10H2. The molecule has 2 fully saturated rings. The van der Waals surface area contributed by atoms with Gasteiger partial charge in [0.2, 0.25) is 6.41 Å². The predicted octanol–water partition coefficient (Wildman–Crippen LogP) is 4.75. The summed E-state index contributed by atoms with van der Waals surface area (Å²) in [6.45, 7) is 4.19. The molecule has 0 N–H and O–H groups in total. The molecule has 0 unspecified atom stereocenters. The average Bonchev–Trinajstić information content (AvgIpc) is 2.74. The number of amidine groups is 1. The van der Waals surface area contributed by atoms with Crippen molar-refractivity contribution >= 4 is 40.6 Å². The third kappa shape index (κ3) is 2.51. The zero-order chi connectivity index (χ0) is 14.9. The Hall–Kier alpha value is -1.26. The molecule has 110 valence electrons. The summed E-state index contributed by atoms with van der Waals surface area (Å²) in [5.74, 6) is 0. The Balaban J connectivity index is 1.99. The molecule has 1 saturated carbocycles. The molecule has 0 aromatic heterocycles. The van der Waals surface area contributed by atoms with E-state index in [0.29, 0.717) is 15.9 Å². The normalized spacial score (nSPS) is 23.0. The second kappa shape index (κ2) is 5.85. The number of rotatable bonds is 2. The molecule has 5 heteroatoms. The van der Waals surface area contributed by atoms with Gasteiger partial charge in [0.1, 0.15) is 0 Å². The topological polar surface area (TPSA) is 32.7 Å². The van der Waals surface area contributed by atoms with Crippen LogP contribution >= 0.6 is 23.4 Å². The summed E-state index contributed by atoms with van der Waals surface area (Å²) in [5, 5.41) is 1.27. The molecule has 1 aliphatic carbocycles. The highest BCUT2D eigenvalue weighted by Crippen LogP contribution is 2.50. The van der Waals surface area contributed by atoms with E-state index in [-0.39, 0.29) is 5.54 Å². The number of benzene rings is 1. The number of para-hydroxylation sites is 1. The molecule has 1 saturated heterocycles. The molecule has 1 aliphatic heterocycles. The summed E-state index contributed by atoms with van der Waals surface area (Å²) in [6.07, 6.45) is 6.32. The Morgan fingerprint density at radius 2 is 2.00 bits per heavy atom. The van der Waals surface area contributed by atoms with Crippen molar-refractivity contribution < 1.29 is 4.79 Å². The minimum atomic E-state index is -0.245. The van der Waals surface area contributed by atoms with E-state index in [4.69, 9.17) is 11.6 Å². The van der Waals surface area contributed by atoms with Crippen LogP contribution in [0.5, 0.6) is 0 Å². The number of nitrogens with zero attached hydrogens (tertiary/aromatic N) is 2. The number of hydrogen-bond acceptors (Lipinski definition) is 3. The molecule has 0 bridgehead atoms. The van der Waals surface area contributed by atoms with Crippen molar-refractivity contribution in [2.45, 2.75) is 37.6 Å². The minimum Gasteiger partial charge on any atom is -0.283 e. The third-order valence-corrected chi connectivity index (χ3v) is 5.67. The number of halogens is 1. The molecule has 1 spiro atoms. The fourth-order valence-corrected chi connectivity index (χ4v) is 4.45. The molecule has 1 amide bonds. The van der Waals surface area contributed by atoms with Gasteiger partial charge in [-0.15, -0.1) is 0 Å². The van der Waals surface area contributed by atoms with Gasteiger partial charge < -0.3 is 0 Å². The van der Waals surface area contributed by atoms with Gasteiger partial charge in [-0.25, -0.2) is 4.99 Å². The van der Waals surface area contributed by atoms with Crippen molar-refractivity contribution in [2.24, 2.45) is 4.99 Å². The summed E-state index contributed by atoms with van der Waals surface area (Å²) < 4.78 is 0. The summed E-state index contributed by atoms with van der Waals surface area (Å²) in [5.41, 5.74) is 0.444. The smallest absolute Gasteiger partial charge is 0.216 e. The van der Waals surface area contributed by atoms with Gasteiger partial charge in [0, 0.05) is 4.91 Å². The van der Waals surface area contributed by atoms with Crippen molar-refractivity contribution in [3.05, 3.63) is 40.8 Å². The fraction of sp³-hybridized carbons (Fsp3) is 0.375. The van der Waals surface area contributed by atoms with Gasteiger partial charge >= 0.3 is 0 Å². The first-order valence-corrected chi connectivity index (χ1v) is 8.32. The van der Waals surface area contributed by atoms with Gasteiger partial charge in [-0.05, 0) is 25.0 Å². The number of carbonyl (C=O) groups is 1. The van der Waals surface area contributed by atoms with Gasteiger partial charge in [-0.1, -0.05) is 61.3 Å². The van der Waals surface area contributed by atoms with Crippen LogP contribution in [-0.2, 0) is 4.79 Å². The highest BCUT2D eigenvalue weighted by atomic mass is 35.5. The first kappa shape index (κ1) is 14.7. The maximum atomic E-state index is 11.7. The van der Waals surface area contributed by atoms with E-state index >= 15 is 0 Å².